The van der Waals surface area contributed by atoms with Gasteiger partial charge in [-0.15, -0.1) is 0 Å². The molecule has 0 saturated heterocycles. The molecule has 1 aliphatic heterocycles. The van der Waals surface area contributed by atoms with Gasteiger partial charge in [-0.3, -0.25) is 4.99 Å². The van der Waals surface area contributed by atoms with Crippen LogP contribution < -0.4 is 0 Å². The maximum atomic E-state index is 8.43. The van der Waals surface area contributed by atoms with E-state index >= 15 is 0 Å². The molecule has 0 fully saturated rings. The zero-order chi connectivity index (χ0) is 5.82. The summed E-state index contributed by atoms with van der Waals surface area (Å²) in [5, 5.41) is 8.43. The third-order valence-electron chi connectivity index (χ3n) is 1.14. The number of aliphatic imine (C=N–C) groups is 1. The van der Waals surface area contributed by atoms with E-state index < -0.39 is 0 Å². The van der Waals surface area contributed by atoms with Crippen LogP contribution in [0.15, 0.2) is 16.6 Å². The van der Waals surface area contributed by atoms with Gasteiger partial charge in [0.1, 0.15) is 0 Å². The summed E-state index contributed by atoms with van der Waals surface area (Å²) in [5.41, 5.74) is 1.23. The molecule has 1 N–H and O–H groups in total. The Bertz CT molecular complexity index is 126. The van der Waals surface area contributed by atoms with Gasteiger partial charge >= 0.3 is 0 Å². The summed E-state index contributed by atoms with van der Waals surface area (Å²) >= 11 is 0. The average Bonchev–Trinajstić information content (AvgIpc) is 2.19. The lowest BCUT2D eigenvalue weighted by atomic mass is 10.2. The molecule has 0 spiro atoms. The zero-order valence-electron chi connectivity index (χ0n) is 4.67. The molecule has 0 aromatic carbocycles. The monoisotopic (exact) mass is 111 g/mol. The Balaban J connectivity index is 2.28. The highest BCUT2D eigenvalue weighted by Crippen LogP contribution is 2.03. The minimum Gasteiger partial charge on any atom is -0.396 e. The lowest BCUT2D eigenvalue weighted by Gasteiger charge is -1.92. The van der Waals surface area contributed by atoms with E-state index in [1.54, 1.807) is 6.21 Å². The van der Waals surface area contributed by atoms with Crippen molar-refractivity contribution in [3.8, 4) is 0 Å². The van der Waals surface area contributed by atoms with Gasteiger partial charge in [-0.2, -0.15) is 0 Å². The summed E-state index contributed by atoms with van der Waals surface area (Å²) in [6.07, 6.45) is 4.52. The minimum atomic E-state index is 0.245. The minimum absolute atomic E-state index is 0.245. The molecule has 0 bridgehead atoms. The van der Waals surface area contributed by atoms with Crippen LogP contribution in [0, 0.1) is 0 Å². The molecule has 0 aromatic heterocycles. The molecule has 0 atom stereocenters. The molecule has 44 valence electrons. The van der Waals surface area contributed by atoms with Gasteiger partial charge in [-0.1, -0.05) is 0 Å². The van der Waals surface area contributed by atoms with Gasteiger partial charge < -0.3 is 5.11 Å². The third kappa shape index (κ3) is 1.17. The van der Waals surface area contributed by atoms with Gasteiger partial charge in [0.25, 0.3) is 0 Å². The summed E-state index contributed by atoms with van der Waals surface area (Å²) in [7, 11) is 0. The van der Waals surface area contributed by atoms with Gasteiger partial charge in [-0.25, -0.2) is 0 Å². The molecule has 2 heteroatoms. The number of aliphatic hydroxyl groups excluding tert-OH is 1. The van der Waals surface area contributed by atoms with Crippen LogP contribution in [-0.4, -0.2) is 24.5 Å². The highest BCUT2D eigenvalue weighted by molar-refractivity contribution is 5.75. The molecule has 0 amide bonds. The molecule has 1 aliphatic rings. The molecule has 0 aromatic rings. The molecule has 2 nitrogen and oxygen atoms in total. The van der Waals surface area contributed by atoms with Crippen LogP contribution in [-0.2, 0) is 0 Å². The van der Waals surface area contributed by atoms with Crippen molar-refractivity contribution in [2.75, 3.05) is 13.2 Å². The van der Waals surface area contributed by atoms with Crippen LogP contribution in [0.4, 0.5) is 0 Å². The van der Waals surface area contributed by atoms with E-state index in [0.717, 1.165) is 13.0 Å². The molecular weight excluding hydrogens is 102 g/mol. The number of nitrogens with zero attached hydrogens (tertiary/aromatic N) is 1. The Hall–Kier alpha value is -0.630. The Morgan fingerprint density at radius 1 is 1.75 bits per heavy atom. The van der Waals surface area contributed by atoms with Crippen molar-refractivity contribution in [1.29, 1.82) is 0 Å². The lowest BCUT2D eigenvalue weighted by Crippen LogP contribution is -1.88. The van der Waals surface area contributed by atoms with Gasteiger partial charge in [0.2, 0.25) is 0 Å². The smallest absolute Gasteiger partial charge is 0.0604 e. The van der Waals surface area contributed by atoms with Crippen LogP contribution in [0.25, 0.3) is 0 Å². The molecule has 1 heterocycles. The predicted octanol–water partition coefficient (Wildman–Crippen LogP) is 0.380. The first-order valence-electron chi connectivity index (χ1n) is 2.72. The van der Waals surface area contributed by atoms with Crippen molar-refractivity contribution in [3.63, 3.8) is 0 Å². The quantitative estimate of drug-likeness (QED) is 0.549. The molecule has 0 aliphatic carbocycles. The fourth-order valence-electron chi connectivity index (χ4n) is 0.687. The molecule has 0 unspecified atom stereocenters. The molecule has 0 radical (unpaired) electrons. The predicted molar refractivity (Wildman–Crippen MR) is 33.1 cm³/mol. The van der Waals surface area contributed by atoms with Gasteiger partial charge in [0.05, 0.1) is 6.54 Å². The Morgan fingerprint density at radius 3 is 3.12 bits per heavy atom. The van der Waals surface area contributed by atoms with Crippen molar-refractivity contribution in [2.45, 2.75) is 6.42 Å². The lowest BCUT2D eigenvalue weighted by molar-refractivity contribution is 0.299. The Labute approximate surface area is 48.6 Å². The number of allylic oxidation sites excluding steroid dienone is 1. The standard InChI is InChI=1S/C6H9NO/c8-4-2-6-1-3-7-5-6/h1,3,8H,2,4-5H2. The van der Waals surface area contributed by atoms with Gasteiger partial charge in [0, 0.05) is 12.8 Å². The third-order valence-corrected chi connectivity index (χ3v) is 1.14. The second-order valence-corrected chi connectivity index (χ2v) is 1.79. The first-order chi connectivity index (χ1) is 3.93. The van der Waals surface area contributed by atoms with Crippen LogP contribution in [0.2, 0.25) is 0 Å². The van der Waals surface area contributed by atoms with E-state index in [1.165, 1.54) is 5.57 Å². The van der Waals surface area contributed by atoms with Crippen LogP contribution in [0.5, 0.6) is 0 Å². The topological polar surface area (TPSA) is 32.6 Å². The summed E-state index contributed by atoms with van der Waals surface area (Å²) in [6.45, 7) is 1.04. The van der Waals surface area contributed by atoms with E-state index in [9.17, 15) is 0 Å². The van der Waals surface area contributed by atoms with E-state index in [0.29, 0.717) is 0 Å². The highest BCUT2D eigenvalue weighted by atomic mass is 16.2. The Kier molecular flexibility index (Phi) is 1.80. The number of rotatable bonds is 2. The maximum absolute atomic E-state index is 8.43. The van der Waals surface area contributed by atoms with Gasteiger partial charge in [-0.05, 0) is 18.1 Å². The van der Waals surface area contributed by atoms with Crippen molar-refractivity contribution < 1.29 is 5.11 Å². The van der Waals surface area contributed by atoms with E-state index in [4.69, 9.17) is 5.11 Å². The largest absolute Gasteiger partial charge is 0.396 e. The number of hydrogen-bond donors (Lipinski definition) is 1. The highest BCUT2D eigenvalue weighted by Gasteiger charge is 1.96. The summed E-state index contributed by atoms with van der Waals surface area (Å²) < 4.78 is 0. The summed E-state index contributed by atoms with van der Waals surface area (Å²) in [6, 6.07) is 0. The van der Waals surface area contributed by atoms with Crippen molar-refractivity contribution in [2.24, 2.45) is 4.99 Å². The van der Waals surface area contributed by atoms with Crippen LogP contribution in [0.1, 0.15) is 6.42 Å². The summed E-state index contributed by atoms with van der Waals surface area (Å²) in [4.78, 5) is 3.95. The van der Waals surface area contributed by atoms with E-state index in [-0.39, 0.29) is 6.61 Å². The Morgan fingerprint density at radius 2 is 2.62 bits per heavy atom. The second-order valence-electron chi connectivity index (χ2n) is 1.79. The van der Waals surface area contributed by atoms with E-state index in [2.05, 4.69) is 4.99 Å². The first-order valence-corrected chi connectivity index (χ1v) is 2.72. The van der Waals surface area contributed by atoms with Crippen molar-refractivity contribution in [1.82, 2.24) is 0 Å². The van der Waals surface area contributed by atoms with Gasteiger partial charge in [0.15, 0.2) is 0 Å². The van der Waals surface area contributed by atoms with E-state index in [1.807, 2.05) is 6.08 Å². The molecule has 8 heavy (non-hydrogen) atoms. The van der Waals surface area contributed by atoms with Crippen molar-refractivity contribution >= 4 is 6.21 Å². The summed E-state index contributed by atoms with van der Waals surface area (Å²) in [5.74, 6) is 0. The first kappa shape index (κ1) is 5.51. The zero-order valence-corrected chi connectivity index (χ0v) is 4.67. The van der Waals surface area contributed by atoms with Crippen LogP contribution >= 0.6 is 0 Å². The number of aliphatic hydroxyl groups is 1. The fraction of sp³-hybridized carbons (Fsp3) is 0.500. The molecule has 1 rings (SSSR count). The maximum Gasteiger partial charge on any atom is 0.0604 e. The second kappa shape index (κ2) is 2.62. The normalized spacial score (nSPS) is 16.9. The van der Waals surface area contributed by atoms with Crippen molar-refractivity contribution in [3.05, 3.63) is 11.6 Å². The fourth-order valence-corrected chi connectivity index (χ4v) is 0.687. The SMILES string of the molecule is OCCC1=CC=NC1. The van der Waals surface area contributed by atoms with Crippen LogP contribution in [0.3, 0.4) is 0 Å². The molecular formula is C6H9NO. The molecule has 0 saturated carbocycles. The number of hydrogen-bond acceptors (Lipinski definition) is 2. The average molecular weight is 111 g/mol.